The third kappa shape index (κ3) is 2.69. The molecule has 0 bridgehead atoms. The van der Waals surface area contributed by atoms with E-state index in [1.807, 2.05) is 43.3 Å². The first-order chi connectivity index (χ1) is 10.2. The third-order valence-corrected chi connectivity index (χ3v) is 4.48. The van der Waals surface area contributed by atoms with Crippen LogP contribution in [0, 0.1) is 6.92 Å². The van der Waals surface area contributed by atoms with E-state index in [4.69, 9.17) is 10.2 Å². The Morgan fingerprint density at radius 3 is 2.86 bits per heavy atom. The van der Waals surface area contributed by atoms with Gasteiger partial charge in [0, 0.05) is 22.9 Å². The van der Waals surface area contributed by atoms with Crippen LogP contribution in [0.5, 0.6) is 0 Å². The van der Waals surface area contributed by atoms with Gasteiger partial charge in [-0.15, -0.1) is 11.8 Å². The highest BCUT2D eigenvalue weighted by atomic mass is 32.2. The highest BCUT2D eigenvalue weighted by Crippen LogP contribution is 2.27. The first-order valence-electron chi connectivity index (χ1n) is 6.73. The number of aromatic nitrogens is 1. The molecule has 0 saturated heterocycles. The number of hydrogen-bond donors (Lipinski definition) is 1. The van der Waals surface area contributed by atoms with Gasteiger partial charge in [0.1, 0.15) is 0 Å². The fraction of sp³-hybridized carbons (Fsp3) is 0.188. The lowest BCUT2D eigenvalue weighted by atomic mass is 10.2. The molecule has 0 saturated carbocycles. The molecule has 21 heavy (non-hydrogen) atoms. The molecule has 2 N–H and O–H groups in total. The lowest BCUT2D eigenvalue weighted by molar-refractivity contribution is 0.514. The van der Waals surface area contributed by atoms with Gasteiger partial charge >= 0.3 is 5.76 Å². The SMILES string of the molecule is Cc1cccc(SCCn2c(=O)oc3ccccc32)c1N. The van der Waals surface area contributed by atoms with Gasteiger partial charge in [-0.25, -0.2) is 4.79 Å². The number of rotatable bonds is 4. The van der Waals surface area contributed by atoms with Crippen molar-refractivity contribution >= 4 is 28.5 Å². The van der Waals surface area contributed by atoms with Crippen molar-refractivity contribution in [2.45, 2.75) is 18.4 Å². The van der Waals surface area contributed by atoms with Crippen LogP contribution in [0.15, 0.2) is 56.6 Å². The molecular formula is C16H16N2O2S. The molecule has 5 heteroatoms. The molecule has 0 aliphatic carbocycles. The van der Waals surface area contributed by atoms with Crippen molar-refractivity contribution in [2.75, 3.05) is 11.5 Å². The predicted molar refractivity (Wildman–Crippen MR) is 86.8 cm³/mol. The molecule has 0 atom stereocenters. The van der Waals surface area contributed by atoms with E-state index in [1.54, 1.807) is 22.4 Å². The molecule has 0 unspecified atom stereocenters. The van der Waals surface area contributed by atoms with Crippen molar-refractivity contribution in [3.63, 3.8) is 0 Å². The second-order valence-electron chi connectivity index (χ2n) is 4.82. The lowest BCUT2D eigenvalue weighted by Crippen LogP contribution is -2.15. The smallest absolute Gasteiger partial charge is 0.408 e. The molecule has 3 aromatic rings. The first-order valence-corrected chi connectivity index (χ1v) is 7.71. The average Bonchev–Trinajstić information content (AvgIpc) is 2.80. The summed E-state index contributed by atoms with van der Waals surface area (Å²) < 4.78 is 6.88. The lowest BCUT2D eigenvalue weighted by Gasteiger charge is -2.08. The number of oxazole rings is 1. The molecule has 0 aliphatic rings. The third-order valence-electron chi connectivity index (χ3n) is 3.43. The molecule has 108 valence electrons. The molecule has 2 aromatic carbocycles. The van der Waals surface area contributed by atoms with E-state index < -0.39 is 0 Å². The number of fused-ring (bicyclic) bond motifs is 1. The number of benzene rings is 2. The molecule has 0 radical (unpaired) electrons. The fourth-order valence-corrected chi connectivity index (χ4v) is 3.24. The van der Waals surface area contributed by atoms with Crippen molar-refractivity contribution < 1.29 is 4.42 Å². The number of hydrogen-bond acceptors (Lipinski definition) is 4. The van der Waals surface area contributed by atoms with E-state index in [1.165, 1.54) is 0 Å². The monoisotopic (exact) mass is 300 g/mol. The van der Waals surface area contributed by atoms with Crippen LogP contribution in [-0.2, 0) is 6.54 Å². The van der Waals surface area contributed by atoms with E-state index in [9.17, 15) is 4.79 Å². The molecule has 0 fully saturated rings. The van der Waals surface area contributed by atoms with E-state index in [0.29, 0.717) is 12.1 Å². The highest BCUT2D eigenvalue weighted by molar-refractivity contribution is 7.99. The average molecular weight is 300 g/mol. The molecule has 4 nitrogen and oxygen atoms in total. The maximum absolute atomic E-state index is 11.9. The van der Waals surface area contributed by atoms with Gasteiger partial charge in [-0.1, -0.05) is 24.3 Å². The molecule has 3 rings (SSSR count). The largest absolute Gasteiger partial charge is 0.419 e. The van der Waals surface area contributed by atoms with Crippen molar-refractivity contribution in [1.82, 2.24) is 4.57 Å². The Kier molecular flexibility index (Phi) is 3.75. The maximum atomic E-state index is 11.9. The van der Waals surface area contributed by atoms with Gasteiger partial charge in [0.25, 0.3) is 0 Å². The quantitative estimate of drug-likeness (QED) is 0.593. The molecule has 0 aliphatic heterocycles. The van der Waals surface area contributed by atoms with E-state index in [-0.39, 0.29) is 5.76 Å². The fourth-order valence-electron chi connectivity index (χ4n) is 2.25. The van der Waals surface area contributed by atoms with Gasteiger partial charge in [0.2, 0.25) is 0 Å². The minimum Gasteiger partial charge on any atom is -0.408 e. The first kappa shape index (κ1) is 13.8. The summed E-state index contributed by atoms with van der Waals surface area (Å²) in [5, 5.41) is 0. The molecular weight excluding hydrogens is 284 g/mol. The second-order valence-corrected chi connectivity index (χ2v) is 5.96. The van der Waals surface area contributed by atoms with E-state index in [0.717, 1.165) is 27.4 Å². The zero-order valence-corrected chi connectivity index (χ0v) is 12.5. The summed E-state index contributed by atoms with van der Waals surface area (Å²) in [6, 6.07) is 13.5. The Hall–Kier alpha value is -2.14. The number of anilines is 1. The summed E-state index contributed by atoms with van der Waals surface area (Å²) >= 11 is 1.65. The number of para-hydroxylation sites is 3. The number of thioether (sulfide) groups is 1. The van der Waals surface area contributed by atoms with Gasteiger partial charge in [0.15, 0.2) is 5.58 Å². The Morgan fingerprint density at radius 1 is 1.19 bits per heavy atom. The summed E-state index contributed by atoms with van der Waals surface area (Å²) in [5.41, 5.74) is 9.40. The number of nitrogen functional groups attached to an aromatic ring is 1. The topological polar surface area (TPSA) is 61.2 Å². The normalized spacial score (nSPS) is 11.1. The molecule has 1 aromatic heterocycles. The summed E-state index contributed by atoms with van der Waals surface area (Å²) in [6.45, 7) is 2.58. The summed E-state index contributed by atoms with van der Waals surface area (Å²) in [4.78, 5) is 12.9. The summed E-state index contributed by atoms with van der Waals surface area (Å²) in [6.07, 6.45) is 0. The van der Waals surface area contributed by atoms with E-state index >= 15 is 0 Å². The Balaban J connectivity index is 1.77. The van der Waals surface area contributed by atoms with Gasteiger partial charge in [-0.3, -0.25) is 4.57 Å². The van der Waals surface area contributed by atoms with Crippen molar-refractivity contribution in [1.29, 1.82) is 0 Å². The zero-order chi connectivity index (χ0) is 14.8. The minimum atomic E-state index is -0.311. The standard InChI is InChI=1S/C16H16N2O2S/c1-11-5-4-8-14(15(11)17)21-10-9-18-12-6-2-3-7-13(12)20-16(18)19/h2-8H,9-10,17H2,1H3. The zero-order valence-electron chi connectivity index (χ0n) is 11.7. The molecule has 0 amide bonds. The van der Waals surface area contributed by atoms with E-state index in [2.05, 4.69) is 0 Å². The van der Waals surface area contributed by atoms with Gasteiger partial charge in [-0.2, -0.15) is 0 Å². The number of aryl methyl sites for hydroxylation is 2. The van der Waals surface area contributed by atoms with Crippen LogP contribution in [0.4, 0.5) is 5.69 Å². The molecule has 1 heterocycles. The predicted octanol–water partition coefficient (Wildman–Crippen LogP) is 3.28. The number of nitrogens with two attached hydrogens (primary N) is 1. The Labute approximate surface area is 126 Å². The van der Waals surface area contributed by atoms with Crippen LogP contribution in [0.1, 0.15) is 5.56 Å². The van der Waals surface area contributed by atoms with Gasteiger partial charge < -0.3 is 10.2 Å². The highest BCUT2D eigenvalue weighted by Gasteiger charge is 2.08. The van der Waals surface area contributed by atoms with Crippen molar-refractivity contribution in [3.8, 4) is 0 Å². The molecule has 0 spiro atoms. The van der Waals surface area contributed by atoms with Crippen LogP contribution >= 0.6 is 11.8 Å². The van der Waals surface area contributed by atoms with Crippen LogP contribution in [0.2, 0.25) is 0 Å². The second kappa shape index (κ2) is 5.69. The minimum absolute atomic E-state index is 0.311. The van der Waals surface area contributed by atoms with Crippen LogP contribution < -0.4 is 11.5 Å². The summed E-state index contributed by atoms with van der Waals surface area (Å²) in [5.74, 6) is 0.450. The van der Waals surface area contributed by atoms with Crippen molar-refractivity contribution in [3.05, 3.63) is 58.6 Å². The van der Waals surface area contributed by atoms with Crippen LogP contribution in [-0.4, -0.2) is 10.3 Å². The van der Waals surface area contributed by atoms with Gasteiger partial charge in [0.05, 0.1) is 5.52 Å². The van der Waals surface area contributed by atoms with Crippen LogP contribution in [0.3, 0.4) is 0 Å². The number of nitrogens with zero attached hydrogens (tertiary/aromatic N) is 1. The Bertz CT molecular complexity index is 836. The maximum Gasteiger partial charge on any atom is 0.419 e. The van der Waals surface area contributed by atoms with Gasteiger partial charge in [-0.05, 0) is 30.7 Å². The Morgan fingerprint density at radius 2 is 2.00 bits per heavy atom. The van der Waals surface area contributed by atoms with Crippen molar-refractivity contribution in [2.24, 2.45) is 0 Å². The van der Waals surface area contributed by atoms with Crippen LogP contribution in [0.25, 0.3) is 11.1 Å². The summed E-state index contributed by atoms with van der Waals surface area (Å²) in [7, 11) is 0.